The van der Waals surface area contributed by atoms with Gasteiger partial charge in [0.25, 0.3) is 0 Å². The van der Waals surface area contributed by atoms with E-state index in [1.54, 1.807) is 0 Å². The molecule has 13 heavy (non-hydrogen) atoms. The van der Waals surface area contributed by atoms with E-state index in [4.69, 9.17) is 0 Å². The van der Waals surface area contributed by atoms with E-state index >= 15 is 0 Å². The number of carbonyl (C=O) groups excluding carboxylic acids is 2. The lowest BCUT2D eigenvalue weighted by molar-refractivity contribution is -0.120. The maximum atomic E-state index is 11.1. The summed E-state index contributed by atoms with van der Waals surface area (Å²) in [5.41, 5.74) is 0. The van der Waals surface area contributed by atoms with Crippen molar-refractivity contribution in [2.75, 3.05) is 0 Å². The van der Waals surface area contributed by atoms with Crippen molar-refractivity contribution in [3.8, 4) is 0 Å². The Kier molecular flexibility index (Phi) is 8.95. The van der Waals surface area contributed by atoms with Gasteiger partial charge in [-0.25, -0.2) is 0 Å². The van der Waals surface area contributed by atoms with Gasteiger partial charge < -0.3 is 4.79 Å². The van der Waals surface area contributed by atoms with Crippen LogP contribution < -0.4 is 0 Å². The average Bonchev–Trinajstić information content (AvgIpc) is 2.14. The molecule has 76 valence electrons. The first-order valence-corrected chi connectivity index (χ1v) is 5.26. The normalized spacial score (nSPS) is 9.92. The molecule has 0 aromatic rings. The fourth-order valence-corrected chi connectivity index (χ4v) is 1.27. The second-order valence-corrected chi connectivity index (χ2v) is 3.41. The molecule has 0 aliphatic rings. The molecule has 0 saturated heterocycles. The van der Waals surface area contributed by atoms with E-state index in [9.17, 15) is 9.59 Å². The van der Waals surface area contributed by atoms with Crippen molar-refractivity contribution in [2.24, 2.45) is 0 Å². The lowest BCUT2D eigenvalue weighted by Crippen LogP contribution is -1.97. The van der Waals surface area contributed by atoms with Crippen molar-refractivity contribution in [1.82, 2.24) is 0 Å². The first-order chi connectivity index (χ1) is 6.31. The third-order valence-electron chi connectivity index (χ3n) is 2.10. The van der Waals surface area contributed by atoms with E-state index in [-0.39, 0.29) is 5.78 Å². The van der Waals surface area contributed by atoms with Crippen LogP contribution in [0.4, 0.5) is 0 Å². The summed E-state index contributed by atoms with van der Waals surface area (Å²) in [6, 6.07) is 0. The fraction of sp³-hybridized carbons (Fsp3) is 0.818. The molecule has 0 rings (SSSR count). The highest BCUT2D eigenvalue weighted by Crippen LogP contribution is 2.06. The highest BCUT2D eigenvalue weighted by atomic mass is 16.1. The van der Waals surface area contributed by atoms with Crippen LogP contribution in [0.2, 0.25) is 0 Å². The lowest BCUT2D eigenvalue weighted by atomic mass is 10.1. The van der Waals surface area contributed by atoms with Crippen molar-refractivity contribution >= 4 is 12.1 Å². The zero-order chi connectivity index (χ0) is 9.94. The third kappa shape index (κ3) is 9.25. The molecule has 0 radical (unpaired) electrons. The number of rotatable bonds is 9. The van der Waals surface area contributed by atoms with Gasteiger partial charge in [0, 0.05) is 19.3 Å². The zero-order valence-corrected chi connectivity index (χ0v) is 8.55. The monoisotopic (exact) mass is 184 g/mol. The maximum absolute atomic E-state index is 11.1. The van der Waals surface area contributed by atoms with Gasteiger partial charge in [0.05, 0.1) is 0 Å². The lowest BCUT2D eigenvalue weighted by Gasteiger charge is -1.98. The zero-order valence-electron chi connectivity index (χ0n) is 8.55. The van der Waals surface area contributed by atoms with Gasteiger partial charge in [0.15, 0.2) is 0 Å². The summed E-state index contributed by atoms with van der Waals surface area (Å²) in [5, 5.41) is 0. The molecule has 0 fully saturated rings. The molecule has 0 heterocycles. The largest absolute Gasteiger partial charge is 0.303 e. The number of hydrogen-bond donors (Lipinski definition) is 0. The summed E-state index contributed by atoms with van der Waals surface area (Å²) in [5.74, 6) is 0.239. The van der Waals surface area contributed by atoms with Crippen molar-refractivity contribution in [2.45, 2.75) is 58.3 Å². The Morgan fingerprint density at radius 2 is 1.77 bits per heavy atom. The molecule has 0 aliphatic carbocycles. The van der Waals surface area contributed by atoms with Crippen LogP contribution in [-0.4, -0.2) is 12.1 Å². The number of ketones is 1. The van der Waals surface area contributed by atoms with E-state index in [0.29, 0.717) is 19.3 Å². The fourth-order valence-electron chi connectivity index (χ4n) is 1.27. The summed E-state index contributed by atoms with van der Waals surface area (Å²) < 4.78 is 0. The Labute approximate surface area is 80.7 Å². The molecule has 2 nitrogen and oxygen atoms in total. The predicted octanol–water partition coefficient (Wildman–Crippen LogP) is 2.90. The Morgan fingerprint density at radius 3 is 2.38 bits per heavy atom. The summed E-state index contributed by atoms with van der Waals surface area (Å²) in [7, 11) is 0. The van der Waals surface area contributed by atoms with Crippen LogP contribution in [0.25, 0.3) is 0 Å². The molecular formula is C11H20O2. The number of carbonyl (C=O) groups is 2. The van der Waals surface area contributed by atoms with Gasteiger partial charge in [-0.1, -0.05) is 32.6 Å². The molecular weight excluding hydrogens is 164 g/mol. The van der Waals surface area contributed by atoms with Gasteiger partial charge in [-0.3, -0.25) is 4.79 Å². The molecule has 0 aromatic carbocycles. The molecule has 0 amide bonds. The molecule has 0 aliphatic heterocycles. The van der Waals surface area contributed by atoms with E-state index in [1.807, 2.05) is 0 Å². The molecule has 0 saturated carbocycles. The number of Topliss-reactive ketones (excluding diaryl/α,β-unsaturated/α-hetero) is 1. The molecule has 2 heteroatoms. The highest BCUT2D eigenvalue weighted by molar-refractivity contribution is 5.80. The summed E-state index contributed by atoms with van der Waals surface area (Å²) in [6.45, 7) is 2.18. The van der Waals surface area contributed by atoms with Crippen LogP contribution in [0, 0.1) is 0 Å². The first-order valence-electron chi connectivity index (χ1n) is 5.26. The third-order valence-corrected chi connectivity index (χ3v) is 2.10. The second kappa shape index (κ2) is 9.43. The Bertz CT molecular complexity index is 141. The smallest absolute Gasteiger partial charge is 0.133 e. The Morgan fingerprint density at radius 1 is 1.08 bits per heavy atom. The minimum Gasteiger partial charge on any atom is -0.303 e. The quantitative estimate of drug-likeness (QED) is 0.408. The van der Waals surface area contributed by atoms with Crippen LogP contribution >= 0.6 is 0 Å². The molecule has 0 aromatic heterocycles. The van der Waals surface area contributed by atoms with Crippen molar-refractivity contribution in [3.05, 3.63) is 0 Å². The van der Waals surface area contributed by atoms with Crippen molar-refractivity contribution < 1.29 is 9.59 Å². The molecule has 0 unspecified atom stereocenters. The number of unbranched alkanes of at least 4 members (excludes halogenated alkanes) is 4. The Balaban J connectivity index is 3.12. The average molecular weight is 184 g/mol. The van der Waals surface area contributed by atoms with E-state index in [1.165, 1.54) is 19.3 Å². The van der Waals surface area contributed by atoms with E-state index in [2.05, 4.69) is 6.92 Å². The van der Waals surface area contributed by atoms with Gasteiger partial charge in [0.1, 0.15) is 12.1 Å². The standard InChI is InChI=1S/C11H20O2/c1-2-3-4-5-6-8-11(13)9-7-10-12/h10H,2-9H2,1H3. The minimum absolute atomic E-state index is 0.239. The van der Waals surface area contributed by atoms with E-state index < -0.39 is 0 Å². The summed E-state index contributed by atoms with van der Waals surface area (Å²) >= 11 is 0. The van der Waals surface area contributed by atoms with Gasteiger partial charge >= 0.3 is 0 Å². The minimum atomic E-state index is 0.239. The van der Waals surface area contributed by atoms with Crippen LogP contribution in [0.5, 0.6) is 0 Å². The first kappa shape index (κ1) is 12.3. The maximum Gasteiger partial charge on any atom is 0.133 e. The van der Waals surface area contributed by atoms with Gasteiger partial charge in [-0.15, -0.1) is 0 Å². The van der Waals surface area contributed by atoms with Crippen LogP contribution in [0.3, 0.4) is 0 Å². The SMILES string of the molecule is CCCCCCCC(=O)CCC=O. The van der Waals surface area contributed by atoms with Crippen molar-refractivity contribution in [3.63, 3.8) is 0 Å². The molecule has 0 N–H and O–H groups in total. The van der Waals surface area contributed by atoms with Crippen LogP contribution in [0.15, 0.2) is 0 Å². The highest BCUT2D eigenvalue weighted by Gasteiger charge is 2.00. The Hall–Kier alpha value is -0.660. The van der Waals surface area contributed by atoms with E-state index in [0.717, 1.165) is 19.1 Å². The molecule has 0 bridgehead atoms. The number of hydrogen-bond acceptors (Lipinski definition) is 2. The summed E-state index contributed by atoms with van der Waals surface area (Å²) in [4.78, 5) is 21.0. The predicted molar refractivity (Wildman–Crippen MR) is 53.7 cm³/mol. The topological polar surface area (TPSA) is 34.1 Å². The molecule has 0 spiro atoms. The van der Waals surface area contributed by atoms with Gasteiger partial charge in [0.2, 0.25) is 0 Å². The van der Waals surface area contributed by atoms with Crippen LogP contribution in [0.1, 0.15) is 58.3 Å². The molecule has 0 atom stereocenters. The number of aldehydes is 1. The summed E-state index contributed by atoms with van der Waals surface area (Å²) in [6.07, 6.45) is 8.20. The van der Waals surface area contributed by atoms with Crippen LogP contribution in [-0.2, 0) is 9.59 Å². The van der Waals surface area contributed by atoms with Crippen molar-refractivity contribution in [1.29, 1.82) is 0 Å². The van der Waals surface area contributed by atoms with Gasteiger partial charge in [-0.2, -0.15) is 0 Å². The second-order valence-electron chi connectivity index (χ2n) is 3.41. The van der Waals surface area contributed by atoms with Gasteiger partial charge in [-0.05, 0) is 6.42 Å².